The summed E-state index contributed by atoms with van der Waals surface area (Å²) in [5.74, 6) is 0. The summed E-state index contributed by atoms with van der Waals surface area (Å²) in [5, 5.41) is 0. The minimum Gasteiger partial charge on any atom is -0.349 e. The van der Waals surface area contributed by atoms with Gasteiger partial charge in [0.25, 0.3) is 11.1 Å². The van der Waals surface area contributed by atoms with Crippen LogP contribution in [-0.2, 0) is 32.2 Å². The third kappa shape index (κ3) is 6.01. The molecule has 2 saturated heterocycles. The highest BCUT2D eigenvalue weighted by molar-refractivity contribution is 7.47. The fraction of sp³-hybridized carbons (Fsp3) is 0.500. The van der Waals surface area contributed by atoms with Gasteiger partial charge in [0, 0.05) is 6.42 Å². The van der Waals surface area contributed by atoms with Crippen LogP contribution < -0.4 is 11.1 Å². The molecule has 2 aliphatic heterocycles. The number of nitrogens with one attached hydrogen (secondary N) is 2. The molecule has 0 spiro atoms. The number of nitrogens with zero attached hydrogens (tertiary/aromatic N) is 6. The second kappa shape index (κ2) is 11.6. The van der Waals surface area contributed by atoms with Crippen LogP contribution in [0.15, 0.2) is 34.9 Å². The number of aromatic amines is 2. The van der Waals surface area contributed by atoms with E-state index in [2.05, 4.69) is 34.4 Å². The minimum absolute atomic E-state index is 0.0428. The maximum Gasteiger partial charge on any atom is 0.472 e. The summed E-state index contributed by atoms with van der Waals surface area (Å²) in [7, 11) is -10.2. The highest BCUT2D eigenvalue weighted by Gasteiger charge is 2.51. The molecule has 0 radical (unpaired) electrons. The second-order valence-corrected chi connectivity index (χ2v) is 12.3. The van der Waals surface area contributed by atoms with E-state index in [9.17, 15) is 28.0 Å². The van der Waals surface area contributed by atoms with Gasteiger partial charge in [-0.1, -0.05) is 0 Å². The van der Waals surface area contributed by atoms with Crippen molar-refractivity contribution < 1.29 is 55.6 Å². The maximum absolute atomic E-state index is 15.5. The van der Waals surface area contributed by atoms with Crippen LogP contribution in [0.3, 0.4) is 0 Å². The highest BCUT2D eigenvalue weighted by atomic mass is 31.2. The summed E-state index contributed by atoms with van der Waals surface area (Å²) in [6.45, 7) is -1.69. The normalized spacial score (nSPS) is 29.1. The molecule has 1 unspecified atom stereocenters. The molecule has 2 fully saturated rings. The lowest BCUT2D eigenvalue weighted by Gasteiger charge is -2.24. The van der Waals surface area contributed by atoms with Crippen LogP contribution in [0, 0.1) is 0 Å². The number of aromatic nitrogens is 8. The molecule has 8 atom stereocenters. The molecule has 4 aromatic rings. The maximum atomic E-state index is 15.5. The molecule has 6 rings (SSSR count). The van der Waals surface area contributed by atoms with E-state index in [0.717, 1.165) is 29.9 Å². The summed E-state index contributed by atoms with van der Waals surface area (Å²) in [5.41, 5.74) is -1.55. The molecular formula is C20H22F2N8O12P2. The van der Waals surface area contributed by atoms with Crippen molar-refractivity contribution in [2.75, 3.05) is 13.2 Å². The highest BCUT2D eigenvalue weighted by Crippen LogP contribution is 2.51. The average Bonchev–Trinajstić information content (AvgIpc) is 3.72. The van der Waals surface area contributed by atoms with Crippen molar-refractivity contribution in [2.24, 2.45) is 0 Å². The Morgan fingerprint density at radius 2 is 1.48 bits per heavy atom. The average molecular weight is 666 g/mol. The van der Waals surface area contributed by atoms with Crippen molar-refractivity contribution in [1.29, 1.82) is 0 Å². The van der Waals surface area contributed by atoms with Gasteiger partial charge in [0.05, 0.1) is 44.6 Å². The smallest absolute Gasteiger partial charge is 0.349 e. The van der Waals surface area contributed by atoms with Gasteiger partial charge in [-0.25, -0.2) is 37.8 Å². The number of H-pyrrole nitrogens is 2. The topological polar surface area (TPSA) is 268 Å². The summed E-state index contributed by atoms with van der Waals surface area (Å²) < 4.78 is 82.4. The first-order valence-corrected chi connectivity index (χ1v) is 15.6. The van der Waals surface area contributed by atoms with E-state index in [4.69, 9.17) is 28.3 Å². The predicted molar refractivity (Wildman–Crippen MR) is 137 cm³/mol. The van der Waals surface area contributed by atoms with Crippen molar-refractivity contribution in [3.63, 3.8) is 0 Å². The Morgan fingerprint density at radius 1 is 0.886 bits per heavy atom. The Morgan fingerprint density at radius 3 is 2.07 bits per heavy atom. The number of phosphoric ester groups is 2. The SMILES string of the molecule is O=c1[nH]cnc2c1ncn2[C@@H]1O[C@H](COP(=O)(O)O)[C@H](F)[C@H]1OP(=O)(O)OC[C@@H]1C[C@@H](F)[C@H](n2cnc3c(=O)[nH]cnc32)O1. The first kappa shape index (κ1) is 30.7. The lowest BCUT2D eigenvalue weighted by molar-refractivity contribution is -0.0550. The number of fused-ring (bicyclic) bond motifs is 2. The van der Waals surface area contributed by atoms with Crippen molar-refractivity contribution >= 4 is 38.0 Å². The van der Waals surface area contributed by atoms with E-state index in [1.165, 1.54) is 4.57 Å². The van der Waals surface area contributed by atoms with Gasteiger partial charge in [0.2, 0.25) is 0 Å². The monoisotopic (exact) mass is 666 g/mol. The minimum atomic E-state index is -5.18. The van der Waals surface area contributed by atoms with Gasteiger partial charge in [0.15, 0.2) is 41.0 Å². The molecule has 4 aromatic heterocycles. The molecule has 0 saturated carbocycles. The largest absolute Gasteiger partial charge is 0.472 e. The zero-order valence-electron chi connectivity index (χ0n) is 21.8. The number of phosphoric acid groups is 2. The lowest BCUT2D eigenvalue weighted by atomic mass is 10.1. The number of hydrogen-bond donors (Lipinski definition) is 5. The Hall–Kier alpha value is -3.30. The summed E-state index contributed by atoms with van der Waals surface area (Å²) >= 11 is 0. The molecule has 0 aromatic carbocycles. The summed E-state index contributed by atoms with van der Waals surface area (Å²) in [4.78, 5) is 72.8. The van der Waals surface area contributed by atoms with Crippen molar-refractivity contribution in [3.05, 3.63) is 46.0 Å². The molecule has 44 heavy (non-hydrogen) atoms. The number of imidazole rings is 2. The first-order chi connectivity index (χ1) is 20.8. The van der Waals surface area contributed by atoms with E-state index in [0.29, 0.717) is 0 Å². The van der Waals surface area contributed by atoms with Gasteiger partial charge < -0.3 is 34.1 Å². The van der Waals surface area contributed by atoms with E-state index in [-0.39, 0.29) is 28.7 Å². The Balaban J connectivity index is 1.17. The molecule has 6 heterocycles. The van der Waals surface area contributed by atoms with Gasteiger partial charge in [0.1, 0.15) is 18.4 Å². The fourth-order valence-corrected chi connectivity index (χ4v) is 6.13. The Labute approximate surface area is 241 Å². The fourth-order valence-electron chi connectivity index (χ4n) is 4.85. The molecule has 20 nitrogen and oxygen atoms in total. The Bertz CT molecular complexity index is 1900. The molecule has 24 heteroatoms. The van der Waals surface area contributed by atoms with Gasteiger partial charge >= 0.3 is 15.6 Å². The third-order valence-electron chi connectivity index (χ3n) is 6.76. The van der Waals surface area contributed by atoms with Gasteiger partial charge in [-0.2, -0.15) is 0 Å². The summed E-state index contributed by atoms with van der Waals surface area (Å²) in [6, 6.07) is 0. The number of hydrogen-bond acceptors (Lipinski definition) is 13. The van der Waals surface area contributed by atoms with E-state index in [1.807, 2.05) is 0 Å². The molecule has 0 amide bonds. The molecule has 2 aliphatic rings. The molecule has 0 bridgehead atoms. The van der Waals surface area contributed by atoms with Crippen LogP contribution in [0.25, 0.3) is 22.3 Å². The van der Waals surface area contributed by atoms with Crippen LogP contribution in [0.2, 0.25) is 0 Å². The Kier molecular flexibility index (Phi) is 8.07. The standard InChI is InChI=1S/C20H22F2N8O12P2/c21-9-1-8(40-19(9)29-6-27-12-15(29)23-4-25-17(12)31)2-39-44(36,37)42-14-11(22)10(3-38-43(33,34)35)41-20(14)30-7-28-13-16(30)24-5-26-18(13)32/h4-11,14,19-20H,1-3H2,(H,36,37)(H,23,25,31)(H,24,26,32)(H2,33,34,35)/t8-,9+,10+,11-,14+,19+,20+/m0/s1. The van der Waals surface area contributed by atoms with E-state index in [1.54, 1.807) is 0 Å². The number of alkyl halides is 2. The van der Waals surface area contributed by atoms with Crippen molar-refractivity contribution in [2.45, 2.75) is 49.5 Å². The number of halogens is 2. The predicted octanol–water partition coefficient (Wildman–Crippen LogP) is -0.275. The number of rotatable bonds is 10. The van der Waals surface area contributed by atoms with E-state index >= 15 is 4.39 Å². The van der Waals surface area contributed by atoms with Gasteiger partial charge in [-0.05, 0) is 0 Å². The third-order valence-corrected chi connectivity index (χ3v) is 8.23. The van der Waals surface area contributed by atoms with Crippen LogP contribution in [0.1, 0.15) is 18.9 Å². The van der Waals surface area contributed by atoms with Crippen molar-refractivity contribution in [3.8, 4) is 0 Å². The van der Waals surface area contributed by atoms with Gasteiger partial charge in [-0.3, -0.25) is 32.3 Å². The van der Waals surface area contributed by atoms with Crippen LogP contribution >= 0.6 is 15.6 Å². The van der Waals surface area contributed by atoms with Crippen LogP contribution in [0.5, 0.6) is 0 Å². The second-order valence-electron chi connectivity index (χ2n) is 9.64. The quantitative estimate of drug-likeness (QED) is 0.136. The van der Waals surface area contributed by atoms with Crippen LogP contribution in [0.4, 0.5) is 8.78 Å². The molecule has 5 N–H and O–H groups in total. The van der Waals surface area contributed by atoms with Crippen LogP contribution in [-0.4, -0.2) is 97.6 Å². The van der Waals surface area contributed by atoms with E-state index < -0.39 is 83.1 Å². The van der Waals surface area contributed by atoms with Gasteiger partial charge in [-0.15, -0.1) is 0 Å². The number of ether oxygens (including phenoxy) is 2. The summed E-state index contributed by atoms with van der Waals surface area (Å²) in [6.07, 6.45) is -7.77. The first-order valence-electron chi connectivity index (χ1n) is 12.6. The zero-order chi connectivity index (χ0) is 31.4. The molecule has 238 valence electrons. The van der Waals surface area contributed by atoms with Crippen molar-refractivity contribution in [1.82, 2.24) is 39.0 Å². The zero-order valence-corrected chi connectivity index (χ0v) is 23.6. The molecular weight excluding hydrogens is 644 g/mol. The molecule has 0 aliphatic carbocycles. The lowest BCUT2D eigenvalue weighted by Crippen LogP contribution is -2.32.